The summed E-state index contributed by atoms with van der Waals surface area (Å²) in [5.41, 5.74) is 0. The molecular formula is C10H18O3Si. The molecule has 0 saturated heterocycles. The second-order valence-electron chi connectivity index (χ2n) is 4.12. The number of rotatable bonds is 4. The van der Waals surface area contributed by atoms with Gasteiger partial charge in [-0.05, 0) is 19.0 Å². The number of carbonyl (C=O) groups is 2. The third-order valence-corrected chi connectivity index (χ3v) is 3.85. The molecule has 0 aromatic carbocycles. The van der Waals surface area contributed by atoms with E-state index in [4.69, 9.17) is 4.74 Å². The Morgan fingerprint density at radius 3 is 2.07 bits per heavy atom. The highest BCUT2D eigenvalue weighted by molar-refractivity contribution is 6.87. The maximum atomic E-state index is 11.3. The van der Waals surface area contributed by atoms with Crippen LogP contribution < -0.4 is 0 Å². The van der Waals surface area contributed by atoms with Crippen molar-refractivity contribution < 1.29 is 14.3 Å². The molecule has 0 aliphatic heterocycles. The fourth-order valence-corrected chi connectivity index (χ4v) is 2.76. The molecule has 0 radical (unpaired) electrons. The predicted molar refractivity (Wildman–Crippen MR) is 58.7 cm³/mol. The molecule has 0 rings (SSSR count). The normalized spacial score (nSPS) is 12.5. The van der Waals surface area contributed by atoms with Gasteiger partial charge in [0.1, 0.15) is 0 Å². The zero-order valence-corrected chi connectivity index (χ0v) is 10.5. The molecule has 0 unspecified atom stereocenters. The van der Waals surface area contributed by atoms with E-state index in [1.807, 2.05) is 19.6 Å². The van der Waals surface area contributed by atoms with E-state index in [1.54, 1.807) is 6.92 Å². The van der Waals surface area contributed by atoms with E-state index in [2.05, 4.69) is 0 Å². The van der Waals surface area contributed by atoms with Gasteiger partial charge >= 0.3 is 5.97 Å². The summed E-state index contributed by atoms with van der Waals surface area (Å²) in [6, 6.07) is 0. The van der Waals surface area contributed by atoms with Crippen LogP contribution in [0.3, 0.4) is 0 Å². The third kappa shape index (κ3) is 4.37. The molecule has 0 amide bonds. The average molecular weight is 214 g/mol. The molecule has 80 valence electrons. The number of allylic oxidation sites excluding steroid dienone is 1. The Bertz CT molecular complexity index is 261. The molecule has 0 aliphatic rings. The molecule has 0 spiro atoms. The van der Waals surface area contributed by atoms with E-state index in [-0.39, 0.29) is 5.78 Å². The minimum Gasteiger partial charge on any atom is -0.463 e. The van der Waals surface area contributed by atoms with Gasteiger partial charge in [-0.25, -0.2) is 4.79 Å². The summed E-state index contributed by atoms with van der Waals surface area (Å²) in [5.74, 6) is -0.447. The lowest BCUT2D eigenvalue weighted by molar-refractivity contribution is -0.137. The smallest absolute Gasteiger partial charge is 0.330 e. The van der Waals surface area contributed by atoms with Crippen LogP contribution in [0.5, 0.6) is 0 Å². The Morgan fingerprint density at radius 2 is 1.79 bits per heavy atom. The first-order valence-electron chi connectivity index (χ1n) is 4.69. The van der Waals surface area contributed by atoms with Crippen molar-refractivity contribution in [2.24, 2.45) is 0 Å². The molecular weight excluding hydrogens is 196 g/mol. The lowest BCUT2D eigenvalue weighted by Crippen LogP contribution is -2.29. The first-order chi connectivity index (χ1) is 6.29. The van der Waals surface area contributed by atoms with Crippen LogP contribution in [-0.4, -0.2) is 26.4 Å². The molecule has 0 bridgehead atoms. The summed E-state index contributed by atoms with van der Waals surface area (Å²) in [6.07, 6.45) is 1.35. The number of Topliss-reactive ketones (excluding diaryl/α,β-unsaturated/α-hetero) is 1. The van der Waals surface area contributed by atoms with Gasteiger partial charge < -0.3 is 4.74 Å². The second kappa shape index (κ2) is 5.10. The minimum atomic E-state index is -1.73. The van der Waals surface area contributed by atoms with Crippen LogP contribution in [0.2, 0.25) is 19.6 Å². The maximum absolute atomic E-state index is 11.3. The van der Waals surface area contributed by atoms with E-state index in [0.29, 0.717) is 11.8 Å². The zero-order chi connectivity index (χ0) is 11.4. The molecule has 14 heavy (non-hydrogen) atoms. The molecule has 0 fully saturated rings. The Labute approximate surface area is 86.2 Å². The molecule has 0 aromatic heterocycles. The number of ketones is 1. The van der Waals surface area contributed by atoms with Crippen LogP contribution in [0.25, 0.3) is 0 Å². The maximum Gasteiger partial charge on any atom is 0.330 e. The van der Waals surface area contributed by atoms with Gasteiger partial charge in [-0.1, -0.05) is 19.6 Å². The van der Waals surface area contributed by atoms with E-state index in [9.17, 15) is 9.59 Å². The van der Waals surface area contributed by atoms with E-state index >= 15 is 0 Å². The van der Waals surface area contributed by atoms with Crippen molar-refractivity contribution in [2.75, 3.05) is 6.61 Å². The van der Waals surface area contributed by atoms with Crippen molar-refractivity contribution in [2.45, 2.75) is 33.5 Å². The van der Waals surface area contributed by atoms with Crippen LogP contribution in [0.4, 0.5) is 0 Å². The molecule has 0 saturated carbocycles. The second-order valence-corrected chi connectivity index (χ2v) is 9.15. The number of carbonyl (C=O) groups excluding carboxylic acids is 2. The van der Waals surface area contributed by atoms with Gasteiger partial charge in [-0.3, -0.25) is 4.79 Å². The fourth-order valence-electron chi connectivity index (χ4n) is 1.15. The van der Waals surface area contributed by atoms with Gasteiger partial charge in [0.05, 0.1) is 14.7 Å². The van der Waals surface area contributed by atoms with Crippen molar-refractivity contribution >= 4 is 19.8 Å². The van der Waals surface area contributed by atoms with Crippen LogP contribution in [0.15, 0.2) is 11.3 Å². The quantitative estimate of drug-likeness (QED) is 0.408. The standard InChI is InChI=1S/C10H18O3Si/c1-6-13-10(12)7-9(8(2)11)14(3,4)5/h7H,6H2,1-5H3/b9-7-. The van der Waals surface area contributed by atoms with Crippen LogP contribution in [-0.2, 0) is 14.3 Å². The largest absolute Gasteiger partial charge is 0.463 e. The summed E-state index contributed by atoms with van der Waals surface area (Å²) in [5, 5.41) is 0.635. The average Bonchev–Trinajstić information content (AvgIpc) is 1.98. The number of hydrogen-bond donors (Lipinski definition) is 0. The van der Waals surface area contributed by atoms with Gasteiger partial charge in [-0.15, -0.1) is 0 Å². The molecule has 0 N–H and O–H groups in total. The Balaban J connectivity index is 4.84. The Hall–Kier alpha value is -0.903. The first-order valence-corrected chi connectivity index (χ1v) is 8.19. The van der Waals surface area contributed by atoms with E-state index in [1.165, 1.54) is 13.0 Å². The fraction of sp³-hybridized carbons (Fsp3) is 0.600. The molecule has 0 heterocycles. The van der Waals surface area contributed by atoms with Gasteiger partial charge in [0.15, 0.2) is 5.78 Å². The van der Waals surface area contributed by atoms with Crippen LogP contribution in [0.1, 0.15) is 13.8 Å². The van der Waals surface area contributed by atoms with Gasteiger partial charge in [0, 0.05) is 6.08 Å². The summed E-state index contributed by atoms with van der Waals surface area (Å²) in [7, 11) is -1.73. The van der Waals surface area contributed by atoms with E-state index < -0.39 is 14.0 Å². The van der Waals surface area contributed by atoms with Crippen molar-refractivity contribution in [1.82, 2.24) is 0 Å². The SMILES string of the molecule is CCOC(=O)/C=C(/C(C)=O)[Si](C)(C)C. The Morgan fingerprint density at radius 1 is 1.29 bits per heavy atom. The van der Waals surface area contributed by atoms with Crippen LogP contribution in [0, 0.1) is 0 Å². The zero-order valence-electron chi connectivity index (χ0n) is 9.51. The van der Waals surface area contributed by atoms with Gasteiger partial charge in [0.2, 0.25) is 0 Å². The van der Waals surface area contributed by atoms with Crippen molar-refractivity contribution in [3.63, 3.8) is 0 Å². The highest BCUT2D eigenvalue weighted by Crippen LogP contribution is 2.15. The summed E-state index contributed by atoms with van der Waals surface area (Å²) < 4.78 is 4.77. The number of hydrogen-bond acceptors (Lipinski definition) is 3. The topological polar surface area (TPSA) is 43.4 Å². The molecule has 4 heteroatoms. The predicted octanol–water partition coefficient (Wildman–Crippen LogP) is 1.94. The molecule has 3 nitrogen and oxygen atoms in total. The number of esters is 1. The van der Waals surface area contributed by atoms with Crippen molar-refractivity contribution in [3.8, 4) is 0 Å². The number of ether oxygens (including phenoxy) is 1. The summed E-state index contributed by atoms with van der Waals surface area (Å²) in [4.78, 5) is 22.5. The molecule has 0 aromatic rings. The van der Waals surface area contributed by atoms with Gasteiger partial charge in [-0.2, -0.15) is 0 Å². The third-order valence-electron chi connectivity index (χ3n) is 1.74. The van der Waals surface area contributed by atoms with Crippen molar-refractivity contribution in [3.05, 3.63) is 11.3 Å². The Kier molecular flexibility index (Phi) is 4.77. The van der Waals surface area contributed by atoms with Crippen molar-refractivity contribution in [1.29, 1.82) is 0 Å². The lowest BCUT2D eigenvalue weighted by atomic mass is 10.4. The lowest BCUT2D eigenvalue weighted by Gasteiger charge is -2.17. The summed E-state index contributed by atoms with van der Waals surface area (Å²) >= 11 is 0. The minimum absolute atomic E-state index is 0.0304. The highest BCUT2D eigenvalue weighted by Gasteiger charge is 2.24. The first kappa shape index (κ1) is 13.1. The van der Waals surface area contributed by atoms with Gasteiger partial charge in [0.25, 0.3) is 0 Å². The molecule has 0 atom stereocenters. The molecule has 0 aliphatic carbocycles. The summed E-state index contributed by atoms with van der Waals surface area (Å²) in [6.45, 7) is 9.65. The monoisotopic (exact) mass is 214 g/mol. The van der Waals surface area contributed by atoms with Crippen LogP contribution >= 0.6 is 0 Å². The van der Waals surface area contributed by atoms with E-state index in [0.717, 1.165) is 0 Å². The highest BCUT2D eigenvalue weighted by atomic mass is 28.3.